The smallest absolute Gasteiger partial charge is 0.124 e. The molecule has 0 spiro atoms. The molecule has 0 aliphatic rings. The van der Waals surface area contributed by atoms with Crippen molar-refractivity contribution < 1.29 is 24.6 Å². The van der Waals surface area contributed by atoms with Gasteiger partial charge in [-0.1, -0.05) is 12.1 Å². The number of para-hydroxylation sites is 1. The minimum Gasteiger partial charge on any atom is -0.507 e. The van der Waals surface area contributed by atoms with Crippen molar-refractivity contribution in [2.24, 2.45) is 0 Å². The summed E-state index contributed by atoms with van der Waals surface area (Å²) in [5.41, 5.74) is 0.553. The van der Waals surface area contributed by atoms with Crippen molar-refractivity contribution in [3.63, 3.8) is 0 Å². The van der Waals surface area contributed by atoms with Gasteiger partial charge >= 0.3 is 0 Å². The summed E-state index contributed by atoms with van der Waals surface area (Å²) in [6.07, 6.45) is 1.12. The molecule has 0 bridgehead atoms. The van der Waals surface area contributed by atoms with Gasteiger partial charge in [0, 0.05) is 31.3 Å². The van der Waals surface area contributed by atoms with Gasteiger partial charge in [-0.3, -0.25) is 0 Å². The molecule has 1 rings (SSSR count). The van der Waals surface area contributed by atoms with E-state index in [1.807, 2.05) is 0 Å². The van der Waals surface area contributed by atoms with Crippen molar-refractivity contribution >= 4 is 6.21 Å². The molecule has 10 heavy (non-hydrogen) atoms. The second-order valence-electron chi connectivity index (χ2n) is 1.70. The predicted octanol–water partition coefficient (Wildman–Crippen LogP) is 1.39. The van der Waals surface area contributed by atoms with Crippen LogP contribution in [0.4, 0.5) is 0 Å². The van der Waals surface area contributed by atoms with Crippen molar-refractivity contribution in [1.29, 1.82) is 5.41 Å². The fourth-order valence-electron chi connectivity index (χ4n) is 0.610. The maximum Gasteiger partial charge on any atom is 0.124 e. The van der Waals surface area contributed by atoms with Crippen LogP contribution in [-0.4, -0.2) is 11.3 Å². The van der Waals surface area contributed by atoms with E-state index < -0.39 is 0 Å². The van der Waals surface area contributed by atoms with Gasteiger partial charge in [-0.2, -0.15) is 0 Å². The second kappa shape index (κ2) is 4.18. The van der Waals surface area contributed by atoms with E-state index >= 15 is 0 Å². The number of hydrogen-bond acceptors (Lipinski definition) is 2. The average molecular weight is 187 g/mol. The Balaban J connectivity index is 0.000000810. The van der Waals surface area contributed by atoms with Crippen LogP contribution in [0.1, 0.15) is 5.56 Å². The number of hydrogen-bond donors (Lipinski definition) is 2. The zero-order valence-corrected chi connectivity index (χ0v) is 8.51. The summed E-state index contributed by atoms with van der Waals surface area (Å²) in [5, 5.41) is 15.8. The van der Waals surface area contributed by atoms with Gasteiger partial charge in [0.1, 0.15) is 5.75 Å². The standard InChI is InChI=1S/C7H7NO.Zn/c8-5-6-3-1-2-4-7(6)9;/h1-5,8-9H;. The van der Waals surface area contributed by atoms with Crippen LogP contribution in [0.3, 0.4) is 0 Å². The Labute approximate surface area is 72.2 Å². The molecule has 0 atom stereocenters. The molecular formula is C7H7NOZn. The predicted molar refractivity (Wildman–Crippen MR) is 36.0 cm³/mol. The first-order valence-electron chi connectivity index (χ1n) is 2.63. The molecule has 1 aromatic rings. The van der Waals surface area contributed by atoms with Gasteiger partial charge in [0.05, 0.1) is 0 Å². The Morgan fingerprint density at radius 3 is 2.30 bits per heavy atom. The van der Waals surface area contributed by atoms with Crippen molar-refractivity contribution in [2.45, 2.75) is 0 Å². The molecule has 0 radical (unpaired) electrons. The van der Waals surface area contributed by atoms with E-state index in [-0.39, 0.29) is 25.2 Å². The second-order valence-corrected chi connectivity index (χ2v) is 1.70. The molecule has 1 aromatic carbocycles. The first-order chi connectivity index (χ1) is 4.34. The molecule has 3 heteroatoms. The van der Waals surface area contributed by atoms with Crippen LogP contribution in [-0.2, 0) is 19.5 Å². The third-order valence-electron chi connectivity index (χ3n) is 1.09. The number of rotatable bonds is 1. The summed E-state index contributed by atoms with van der Waals surface area (Å²) in [4.78, 5) is 0. The van der Waals surface area contributed by atoms with E-state index in [9.17, 15) is 0 Å². The quantitative estimate of drug-likeness (QED) is 0.505. The van der Waals surface area contributed by atoms with E-state index in [2.05, 4.69) is 0 Å². The Morgan fingerprint density at radius 1 is 1.30 bits per heavy atom. The van der Waals surface area contributed by atoms with E-state index in [1.165, 1.54) is 0 Å². The summed E-state index contributed by atoms with van der Waals surface area (Å²) in [6.45, 7) is 0. The molecule has 0 unspecified atom stereocenters. The number of phenols is 1. The first kappa shape index (κ1) is 9.31. The summed E-state index contributed by atoms with van der Waals surface area (Å²) in [7, 11) is 0. The van der Waals surface area contributed by atoms with Crippen LogP contribution in [0.5, 0.6) is 5.75 Å². The first-order valence-corrected chi connectivity index (χ1v) is 2.63. The molecule has 0 aromatic heterocycles. The molecular weight excluding hydrogens is 179 g/mol. The minimum absolute atomic E-state index is 0. The largest absolute Gasteiger partial charge is 0.507 e. The summed E-state index contributed by atoms with van der Waals surface area (Å²) in [5.74, 6) is 0.160. The molecule has 0 saturated heterocycles. The SMILES string of the molecule is N=Cc1ccccc1O.[Zn]. The fraction of sp³-hybridized carbons (Fsp3) is 0. The number of aromatic hydroxyl groups is 1. The maximum absolute atomic E-state index is 8.96. The van der Waals surface area contributed by atoms with Gasteiger partial charge in [-0.15, -0.1) is 0 Å². The molecule has 2 N–H and O–H groups in total. The summed E-state index contributed by atoms with van der Waals surface area (Å²) >= 11 is 0. The van der Waals surface area contributed by atoms with Gasteiger partial charge in [-0.25, -0.2) is 0 Å². The van der Waals surface area contributed by atoms with Crippen molar-refractivity contribution in [2.75, 3.05) is 0 Å². The zero-order valence-electron chi connectivity index (χ0n) is 5.54. The molecule has 0 saturated carbocycles. The van der Waals surface area contributed by atoms with E-state index in [0.717, 1.165) is 6.21 Å². The Hall–Kier alpha value is -0.687. The van der Waals surface area contributed by atoms with Crippen molar-refractivity contribution in [1.82, 2.24) is 0 Å². The normalized spacial score (nSPS) is 8.00. The van der Waals surface area contributed by atoms with Crippen LogP contribution < -0.4 is 0 Å². The molecule has 0 heterocycles. The fourth-order valence-corrected chi connectivity index (χ4v) is 0.610. The third kappa shape index (κ3) is 1.92. The van der Waals surface area contributed by atoms with Crippen molar-refractivity contribution in [3.8, 4) is 5.75 Å². The molecule has 0 amide bonds. The number of nitrogens with one attached hydrogen (secondary N) is 1. The van der Waals surface area contributed by atoms with Crippen LogP contribution in [0.2, 0.25) is 0 Å². The molecule has 2 nitrogen and oxygen atoms in total. The molecule has 0 aliphatic heterocycles. The van der Waals surface area contributed by atoms with Gasteiger partial charge in [0.2, 0.25) is 0 Å². The Morgan fingerprint density at radius 2 is 1.90 bits per heavy atom. The van der Waals surface area contributed by atoms with Gasteiger partial charge in [-0.05, 0) is 12.1 Å². The monoisotopic (exact) mass is 185 g/mol. The maximum atomic E-state index is 8.96. The summed E-state index contributed by atoms with van der Waals surface area (Å²) in [6, 6.07) is 6.74. The molecule has 0 fully saturated rings. The zero-order chi connectivity index (χ0) is 6.69. The van der Waals surface area contributed by atoms with Crippen LogP contribution in [0.15, 0.2) is 24.3 Å². The average Bonchev–Trinajstić information content (AvgIpc) is 1.89. The van der Waals surface area contributed by atoms with Crippen LogP contribution in [0, 0.1) is 5.41 Å². The summed E-state index contributed by atoms with van der Waals surface area (Å²) < 4.78 is 0. The van der Waals surface area contributed by atoms with E-state index in [4.69, 9.17) is 10.5 Å². The topological polar surface area (TPSA) is 44.1 Å². The van der Waals surface area contributed by atoms with Gasteiger partial charge in [0.15, 0.2) is 0 Å². The van der Waals surface area contributed by atoms with Crippen LogP contribution in [0.25, 0.3) is 0 Å². The van der Waals surface area contributed by atoms with Gasteiger partial charge in [0.25, 0.3) is 0 Å². The number of phenolic OH excluding ortho intramolecular Hbond substituents is 1. The minimum atomic E-state index is 0. The van der Waals surface area contributed by atoms with Gasteiger partial charge < -0.3 is 10.5 Å². The van der Waals surface area contributed by atoms with Crippen LogP contribution >= 0.6 is 0 Å². The van der Waals surface area contributed by atoms with Crippen molar-refractivity contribution in [3.05, 3.63) is 29.8 Å². The Bertz CT molecular complexity index is 225. The number of benzene rings is 1. The van der Waals surface area contributed by atoms with E-state index in [1.54, 1.807) is 24.3 Å². The Kier molecular flexibility index (Phi) is 3.89. The molecule has 48 valence electrons. The molecule has 0 aliphatic carbocycles. The third-order valence-corrected chi connectivity index (χ3v) is 1.09. The van der Waals surface area contributed by atoms with E-state index in [0.29, 0.717) is 5.56 Å².